The molecule has 0 saturated heterocycles. The Morgan fingerprint density at radius 2 is 1.88 bits per heavy atom. The van der Waals surface area contributed by atoms with Gasteiger partial charge in [0, 0.05) is 0 Å². The first-order valence-electron chi connectivity index (χ1n) is 8.30. The number of hydrazone groups is 1. The Bertz CT molecular complexity index is 892. The Labute approximate surface area is 154 Å². The number of ether oxygens (including phenoxy) is 2. The van der Waals surface area contributed by atoms with Crippen LogP contribution in [0, 0.1) is 13.8 Å². The predicted octanol–water partition coefficient (Wildman–Crippen LogP) is 3.41. The van der Waals surface area contributed by atoms with Gasteiger partial charge < -0.3 is 9.47 Å². The Morgan fingerprint density at radius 1 is 1.12 bits per heavy atom. The quantitative estimate of drug-likeness (QED) is 0.566. The average molecular weight is 376 g/mol. The lowest BCUT2D eigenvalue weighted by Crippen LogP contribution is -2.19. The summed E-state index contributed by atoms with van der Waals surface area (Å²) in [6.45, 7) is 6.17. The highest BCUT2D eigenvalue weighted by Crippen LogP contribution is 2.27. The van der Waals surface area contributed by atoms with E-state index in [4.69, 9.17) is 9.47 Å². The topological polar surface area (TPSA) is 77.0 Å². The molecule has 0 aliphatic rings. The van der Waals surface area contributed by atoms with Crippen LogP contribution in [0.1, 0.15) is 30.0 Å². The number of hydrogen-bond donors (Lipinski definition) is 1. The molecule has 2 aromatic carbocycles. The molecule has 0 bridgehead atoms. The van der Waals surface area contributed by atoms with E-state index in [2.05, 4.69) is 9.93 Å². The summed E-state index contributed by atoms with van der Waals surface area (Å²) in [6.07, 6.45) is 2.30. The first kappa shape index (κ1) is 19.8. The van der Waals surface area contributed by atoms with Gasteiger partial charge in [0.05, 0.1) is 24.8 Å². The molecule has 0 saturated carbocycles. The van der Waals surface area contributed by atoms with Gasteiger partial charge in [-0.1, -0.05) is 19.1 Å². The van der Waals surface area contributed by atoms with Crippen molar-refractivity contribution in [2.24, 2.45) is 5.10 Å². The highest BCUT2D eigenvalue weighted by Gasteiger charge is 2.15. The minimum Gasteiger partial charge on any atom is -0.493 e. The van der Waals surface area contributed by atoms with Gasteiger partial charge in [-0.3, -0.25) is 0 Å². The molecule has 0 aliphatic heterocycles. The fourth-order valence-corrected chi connectivity index (χ4v) is 3.44. The van der Waals surface area contributed by atoms with Crippen LogP contribution >= 0.6 is 0 Å². The minimum atomic E-state index is -3.72. The zero-order chi connectivity index (χ0) is 19.2. The number of nitrogens with one attached hydrogen (secondary N) is 1. The van der Waals surface area contributed by atoms with Crippen molar-refractivity contribution in [2.45, 2.75) is 32.1 Å². The third kappa shape index (κ3) is 4.98. The van der Waals surface area contributed by atoms with Crippen LogP contribution in [-0.2, 0) is 10.0 Å². The summed E-state index contributed by atoms with van der Waals surface area (Å²) in [5.74, 6) is 1.21. The number of nitrogens with zero attached hydrogens (tertiary/aromatic N) is 1. The van der Waals surface area contributed by atoms with E-state index in [1.165, 1.54) is 6.21 Å². The summed E-state index contributed by atoms with van der Waals surface area (Å²) in [7, 11) is -2.15. The van der Waals surface area contributed by atoms with Crippen LogP contribution in [0.15, 0.2) is 46.4 Å². The lowest BCUT2D eigenvalue weighted by Gasteiger charge is -2.10. The molecule has 26 heavy (non-hydrogen) atoms. The number of methoxy groups -OCH3 is 1. The molecule has 140 valence electrons. The van der Waals surface area contributed by atoms with Crippen molar-refractivity contribution in [1.82, 2.24) is 4.83 Å². The lowest BCUT2D eigenvalue weighted by atomic mass is 10.2. The van der Waals surface area contributed by atoms with E-state index in [1.807, 2.05) is 19.9 Å². The summed E-state index contributed by atoms with van der Waals surface area (Å²) in [6, 6.07) is 10.5. The second kappa shape index (κ2) is 8.71. The molecule has 0 aliphatic carbocycles. The molecule has 0 unspecified atom stereocenters. The summed E-state index contributed by atoms with van der Waals surface area (Å²) < 4.78 is 35.8. The molecule has 0 fully saturated rings. The summed E-state index contributed by atoms with van der Waals surface area (Å²) in [5, 5.41) is 3.88. The average Bonchev–Trinajstić information content (AvgIpc) is 2.62. The van der Waals surface area contributed by atoms with Gasteiger partial charge in [-0.25, -0.2) is 4.83 Å². The Balaban J connectivity index is 2.18. The van der Waals surface area contributed by atoms with Crippen LogP contribution in [0.4, 0.5) is 0 Å². The summed E-state index contributed by atoms with van der Waals surface area (Å²) in [4.78, 5) is 2.47. The number of sulfonamides is 1. The largest absolute Gasteiger partial charge is 0.493 e. The van der Waals surface area contributed by atoms with Crippen molar-refractivity contribution < 1.29 is 17.9 Å². The number of hydrogen-bond acceptors (Lipinski definition) is 5. The summed E-state index contributed by atoms with van der Waals surface area (Å²) in [5.41, 5.74) is 2.23. The van der Waals surface area contributed by atoms with Crippen LogP contribution in [-0.4, -0.2) is 28.3 Å². The van der Waals surface area contributed by atoms with Gasteiger partial charge in [-0.2, -0.15) is 13.5 Å². The monoisotopic (exact) mass is 376 g/mol. The molecule has 0 spiro atoms. The van der Waals surface area contributed by atoms with Crippen LogP contribution < -0.4 is 14.3 Å². The molecule has 0 radical (unpaired) electrons. The summed E-state index contributed by atoms with van der Waals surface area (Å²) >= 11 is 0. The normalized spacial score (nSPS) is 11.5. The van der Waals surface area contributed by atoms with Crippen LogP contribution in [0.5, 0.6) is 11.5 Å². The molecular weight excluding hydrogens is 352 g/mol. The molecular formula is C19H24N2O4S. The first-order chi connectivity index (χ1) is 12.4. The minimum absolute atomic E-state index is 0.219. The smallest absolute Gasteiger partial charge is 0.276 e. The SMILES string of the molecule is CCCOc1cc(/C=N\NS(=O)(=O)c2cc(C)ccc2C)ccc1OC. The van der Waals surface area contributed by atoms with E-state index < -0.39 is 10.0 Å². The zero-order valence-electron chi connectivity index (χ0n) is 15.4. The number of benzene rings is 2. The van der Waals surface area contributed by atoms with Crippen molar-refractivity contribution in [3.8, 4) is 11.5 Å². The molecule has 0 amide bonds. The van der Waals surface area contributed by atoms with Gasteiger partial charge in [-0.05, 0) is 61.2 Å². The van der Waals surface area contributed by atoms with Crippen molar-refractivity contribution in [3.05, 3.63) is 53.1 Å². The van der Waals surface area contributed by atoms with Crippen LogP contribution in [0.3, 0.4) is 0 Å². The highest BCUT2D eigenvalue weighted by atomic mass is 32.2. The van der Waals surface area contributed by atoms with E-state index in [0.717, 1.165) is 12.0 Å². The van der Waals surface area contributed by atoms with E-state index in [-0.39, 0.29) is 4.90 Å². The van der Waals surface area contributed by atoms with Gasteiger partial charge in [-0.15, -0.1) is 0 Å². The first-order valence-corrected chi connectivity index (χ1v) is 9.78. The fourth-order valence-electron chi connectivity index (χ4n) is 2.31. The lowest BCUT2D eigenvalue weighted by molar-refractivity contribution is 0.294. The highest BCUT2D eigenvalue weighted by molar-refractivity contribution is 7.89. The maximum atomic E-state index is 12.4. The van der Waals surface area contributed by atoms with Gasteiger partial charge >= 0.3 is 0 Å². The Hall–Kier alpha value is -2.54. The van der Waals surface area contributed by atoms with E-state index in [9.17, 15) is 8.42 Å². The number of rotatable bonds is 8. The molecule has 0 aromatic heterocycles. The van der Waals surface area contributed by atoms with Gasteiger partial charge in [0.2, 0.25) is 0 Å². The van der Waals surface area contributed by atoms with Gasteiger partial charge in [0.25, 0.3) is 10.0 Å². The molecule has 7 heteroatoms. The molecule has 2 rings (SSSR count). The third-order valence-electron chi connectivity index (χ3n) is 3.67. The molecule has 2 aromatic rings. The zero-order valence-corrected chi connectivity index (χ0v) is 16.3. The maximum absolute atomic E-state index is 12.4. The van der Waals surface area contributed by atoms with Crippen molar-refractivity contribution >= 4 is 16.2 Å². The predicted molar refractivity (Wildman–Crippen MR) is 103 cm³/mol. The maximum Gasteiger partial charge on any atom is 0.276 e. The molecule has 6 nitrogen and oxygen atoms in total. The van der Waals surface area contributed by atoms with Gasteiger partial charge in [0.15, 0.2) is 11.5 Å². The van der Waals surface area contributed by atoms with Crippen LogP contribution in [0.2, 0.25) is 0 Å². The molecule has 1 N–H and O–H groups in total. The van der Waals surface area contributed by atoms with Gasteiger partial charge in [0.1, 0.15) is 0 Å². The van der Waals surface area contributed by atoms with E-state index >= 15 is 0 Å². The molecule has 0 atom stereocenters. The Morgan fingerprint density at radius 3 is 2.58 bits per heavy atom. The Kier molecular flexibility index (Phi) is 6.63. The van der Waals surface area contributed by atoms with Crippen molar-refractivity contribution in [3.63, 3.8) is 0 Å². The molecule has 0 heterocycles. The second-order valence-corrected chi connectivity index (χ2v) is 7.51. The second-order valence-electron chi connectivity index (χ2n) is 5.88. The van der Waals surface area contributed by atoms with Crippen LogP contribution in [0.25, 0.3) is 0 Å². The third-order valence-corrected chi connectivity index (χ3v) is 5.03. The van der Waals surface area contributed by atoms with Crippen molar-refractivity contribution in [1.29, 1.82) is 0 Å². The standard InChI is InChI=1S/C19H24N2O4S/c1-5-10-25-18-12-16(8-9-17(18)24-4)13-20-21-26(22,23)19-11-14(2)6-7-15(19)3/h6-9,11-13,21H,5,10H2,1-4H3/b20-13-. The fraction of sp³-hybridized carbons (Fsp3) is 0.316. The van der Waals surface area contributed by atoms with E-state index in [1.54, 1.807) is 44.4 Å². The number of aryl methyl sites for hydroxylation is 2. The van der Waals surface area contributed by atoms with Crippen molar-refractivity contribution in [2.75, 3.05) is 13.7 Å². The van der Waals surface area contributed by atoms with E-state index in [0.29, 0.717) is 29.2 Å².